The van der Waals surface area contributed by atoms with Crippen LogP contribution >= 0.6 is 0 Å². The zero-order chi connectivity index (χ0) is 28.0. The second-order valence-corrected chi connectivity index (χ2v) is 8.70. The number of aryl methyl sites for hydroxylation is 1. The lowest BCUT2D eigenvalue weighted by Crippen LogP contribution is -2.51. The largest absolute Gasteiger partial charge is 0.345 e. The molecule has 1 aliphatic heterocycles. The molecule has 1 aromatic carbocycles. The molecule has 5 amide bonds. The maximum atomic E-state index is 14.1. The number of halogens is 1. The zero-order valence-electron chi connectivity index (χ0n) is 22.4. The summed E-state index contributed by atoms with van der Waals surface area (Å²) >= 11 is 0. The van der Waals surface area contributed by atoms with Crippen LogP contribution in [0.15, 0.2) is 30.4 Å². The molecule has 1 aromatic rings. The number of hydrogen-bond donors (Lipinski definition) is 3. The van der Waals surface area contributed by atoms with Gasteiger partial charge >= 0.3 is 0 Å². The second-order valence-electron chi connectivity index (χ2n) is 8.70. The molecule has 0 radical (unpaired) electrons. The predicted molar refractivity (Wildman–Crippen MR) is 140 cm³/mol. The molecule has 1 unspecified atom stereocenters. The van der Waals surface area contributed by atoms with Gasteiger partial charge in [0.2, 0.25) is 17.7 Å². The van der Waals surface area contributed by atoms with Gasteiger partial charge in [-0.3, -0.25) is 28.9 Å². The van der Waals surface area contributed by atoms with Crippen LogP contribution in [0, 0.1) is 11.7 Å². The third kappa shape index (κ3) is 10.5. The highest BCUT2D eigenvalue weighted by Gasteiger charge is 2.25. The van der Waals surface area contributed by atoms with Gasteiger partial charge in [0, 0.05) is 25.1 Å². The summed E-state index contributed by atoms with van der Waals surface area (Å²) in [6.07, 6.45) is 5.08. The Kier molecular flexibility index (Phi) is 13.8. The predicted octanol–water partition coefficient (Wildman–Crippen LogP) is 3.10. The minimum Gasteiger partial charge on any atom is -0.345 e. The van der Waals surface area contributed by atoms with Crippen LogP contribution in [0.1, 0.15) is 65.9 Å². The van der Waals surface area contributed by atoms with Gasteiger partial charge < -0.3 is 16.0 Å². The van der Waals surface area contributed by atoms with Gasteiger partial charge in [-0.05, 0) is 42.9 Å². The number of nitrogens with one attached hydrogen (secondary N) is 3. The summed E-state index contributed by atoms with van der Waals surface area (Å²) in [5.41, 5.74) is 0.836. The van der Waals surface area contributed by atoms with E-state index < -0.39 is 23.7 Å². The number of rotatable bonds is 13. The SMILES string of the molecule is CC.CCc1ccc(NC(=O)CNC(=O)C(NC(=O)CCCCCN2C(=O)C=CC2=O)C(C)C)c(F)c1. The molecule has 0 saturated carbocycles. The van der Waals surface area contributed by atoms with E-state index in [1.165, 1.54) is 24.3 Å². The van der Waals surface area contributed by atoms with Gasteiger partial charge in [0.1, 0.15) is 11.9 Å². The Balaban J connectivity index is 0.00000334. The van der Waals surface area contributed by atoms with Crippen molar-refractivity contribution in [1.29, 1.82) is 0 Å². The van der Waals surface area contributed by atoms with E-state index in [0.29, 0.717) is 32.2 Å². The highest BCUT2D eigenvalue weighted by Crippen LogP contribution is 2.16. The van der Waals surface area contributed by atoms with Gasteiger partial charge in [-0.15, -0.1) is 0 Å². The quantitative estimate of drug-likeness (QED) is 0.273. The monoisotopic (exact) mass is 518 g/mol. The number of nitrogens with zero attached hydrogens (tertiary/aromatic N) is 1. The molecule has 2 rings (SSSR count). The van der Waals surface area contributed by atoms with Gasteiger partial charge in [0.25, 0.3) is 11.8 Å². The third-order valence-corrected chi connectivity index (χ3v) is 5.59. The standard InChI is InChI=1S/C25H33FN4O5.C2H6/c1-4-17-9-10-19(18(26)14-17)28-21(32)15-27-25(35)24(16(2)3)29-20(31)8-6-5-7-13-30-22(33)11-12-23(30)34;1-2/h9-12,14,16,24H,4-8,13,15H2,1-3H3,(H,27,35)(H,28,32)(H,29,31);1-2H3. The van der Waals surface area contributed by atoms with Crippen LogP contribution < -0.4 is 16.0 Å². The molecular formula is C27H39FN4O5. The van der Waals surface area contributed by atoms with Gasteiger partial charge in [0.15, 0.2) is 0 Å². The van der Waals surface area contributed by atoms with Crippen molar-refractivity contribution in [2.24, 2.45) is 5.92 Å². The molecular weight excluding hydrogens is 479 g/mol. The van der Waals surface area contributed by atoms with Crippen molar-refractivity contribution in [2.75, 3.05) is 18.4 Å². The smallest absolute Gasteiger partial charge is 0.253 e. The van der Waals surface area contributed by atoms with Crippen molar-refractivity contribution < 1.29 is 28.4 Å². The number of benzene rings is 1. The summed E-state index contributed by atoms with van der Waals surface area (Å²) in [6.45, 7) is 9.38. The normalized spacial score (nSPS) is 13.2. The molecule has 204 valence electrons. The van der Waals surface area contributed by atoms with E-state index in [4.69, 9.17) is 0 Å². The number of carbonyl (C=O) groups is 5. The number of amides is 5. The van der Waals surface area contributed by atoms with Crippen LogP contribution in [0.5, 0.6) is 0 Å². The van der Waals surface area contributed by atoms with Crippen molar-refractivity contribution in [2.45, 2.75) is 72.8 Å². The van der Waals surface area contributed by atoms with Gasteiger partial charge in [-0.1, -0.05) is 47.1 Å². The topological polar surface area (TPSA) is 125 Å². The molecule has 0 fully saturated rings. The van der Waals surface area contributed by atoms with Crippen molar-refractivity contribution in [3.63, 3.8) is 0 Å². The van der Waals surface area contributed by atoms with E-state index >= 15 is 0 Å². The molecule has 37 heavy (non-hydrogen) atoms. The number of imide groups is 1. The number of hydrogen-bond acceptors (Lipinski definition) is 5. The van der Waals surface area contributed by atoms with Crippen molar-refractivity contribution in [3.05, 3.63) is 41.7 Å². The maximum Gasteiger partial charge on any atom is 0.253 e. The molecule has 9 nitrogen and oxygen atoms in total. The first-order chi connectivity index (χ1) is 17.6. The lowest BCUT2D eigenvalue weighted by Gasteiger charge is -2.21. The molecule has 1 heterocycles. The van der Waals surface area contributed by atoms with E-state index in [1.54, 1.807) is 19.9 Å². The maximum absolute atomic E-state index is 14.1. The number of anilines is 1. The minimum absolute atomic E-state index is 0.0323. The van der Waals surface area contributed by atoms with Gasteiger partial charge in [0.05, 0.1) is 12.2 Å². The van der Waals surface area contributed by atoms with Crippen LogP contribution in [0.2, 0.25) is 0 Å². The molecule has 0 saturated heterocycles. The van der Waals surface area contributed by atoms with E-state index in [0.717, 1.165) is 10.5 Å². The van der Waals surface area contributed by atoms with Crippen molar-refractivity contribution in [3.8, 4) is 0 Å². The summed E-state index contributed by atoms with van der Waals surface area (Å²) in [5, 5.41) is 7.60. The van der Waals surface area contributed by atoms with Crippen molar-refractivity contribution in [1.82, 2.24) is 15.5 Å². The van der Waals surface area contributed by atoms with Crippen LogP contribution in [-0.2, 0) is 30.4 Å². The Bertz CT molecular complexity index is 975. The molecule has 1 aliphatic rings. The number of unbranched alkanes of at least 4 members (excludes halogenated alkanes) is 2. The third-order valence-electron chi connectivity index (χ3n) is 5.59. The minimum atomic E-state index is -0.832. The lowest BCUT2D eigenvalue weighted by atomic mass is 10.0. The van der Waals surface area contributed by atoms with Crippen LogP contribution in [0.4, 0.5) is 10.1 Å². The Morgan fingerprint density at radius 3 is 2.19 bits per heavy atom. The fraction of sp³-hybridized carbons (Fsp3) is 0.519. The van der Waals surface area contributed by atoms with Crippen LogP contribution in [0.25, 0.3) is 0 Å². The molecule has 0 spiro atoms. The highest BCUT2D eigenvalue weighted by molar-refractivity contribution is 6.12. The first-order valence-corrected chi connectivity index (χ1v) is 12.8. The van der Waals surface area contributed by atoms with Gasteiger partial charge in [-0.25, -0.2) is 4.39 Å². The Morgan fingerprint density at radius 1 is 0.973 bits per heavy atom. The summed E-state index contributed by atoms with van der Waals surface area (Å²) in [7, 11) is 0. The Hall–Kier alpha value is -3.56. The average Bonchev–Trinajstić information content (AvgIpc) is 3.20. The zero-order valence-corrected chi connectivity index (χ0v) is 22.4. The van der Waals surface area contributed by atoms with Crippen LogP contribution in [-0.4, -0.2) is 53.6 Å². The van der Waals surface area contributed by atoms with E-state index in [-0.39, 0.29) is 42.3 Å². The van der Waals surface area contributed by atoms with Gasteiger partial charge in [-0.2, -0.15) is 0 Å². The molecule has 1 atom stereocenters. The first-order valence-electron chi connectivity index (χ1n) is 12.8. The highest BCUT2D eigenvalue weighted by atomic mass is 19.1. The van der Waals surface area contributed by atoms with E-state index in [2.05, 4.69) is 16.0 Å². The average molecular weight is 519 g/mol. The fourth-order valence-electron chi connectivity index (χ4n) is 3.52. The second kappa shape index (κ2) is 16.2. The fourth-order valence-corrected chi connectivity index (χ4v) is 3.52. The summed E-state index contributed by atoms with van der Waals surface area (Å²) in [4.78, 5) is 61.2. The van der Waals surface area contributed by atoms with E-state index in [9.17, 15) is 28.4 Å². The summed E-state index contributed by atoms with van der Waals surface area (Å²) in [5.74, 6) is -2.83. The summed E-state index contributed by atoms with van der Waals surface area (Å²) < 4.78 is 14.1. The Morgan fingerprint density at radius 2 is 1.62 bits per heavy atom. The van der Waals surface area contributed by atoms with Crippen LogP contribution in [0.3, 0.4) is 0 Å². The molecule has 0 aromatic heterocycles. The lowest BCUT2D eigenvalue weighted by molar-refractivity contribution is -0.137. The Labute approximate surface area is 218 Å². The van der Waals surface area contributed by atoms with E-state index in [1.807, 2.05) is 20.8 Å². The number of carbonyl (C=O) groups excluding carboxylic acids is 5. The molecule has 3 N–H and O–H groups in total. The van der Waals surface area contributed by atoms with Crippen molar-refractivity contribution >= 4 is 35.2 Å². The summed E-state index contributed by atoms with van der Waals surface area (Å²) in [6, 6.07) is 3.70. The molecule has 0 bridgehead atoms. The molecule has 10 heteroatoms. The first kappa shape index (κ1) is 31.5. The molecule has 0 aliphatic carbocycles.